The molecule has 3 rings (SSSR count). The number of ketones is 1. The molecule has 17 heavy (non-hydrogen) atoms. The van der Waals surface area contributed by atoms with Crippen molar-refractivity contribution in [3.05, 3.63) is 58.4 Å². The fraction of sp³-hybridized carbons (Fsp3) is 0.133. The van der Waals surface area contributed by atoms with Gasteiger partial charge in [-0.25, -0.2) is 4.39 Å². The molecule has 1 aliphatic rings. The zero-order valence-corrected chi connectivity index (χ0v) is 9.67. The molecule has 0 fully saturated rings. The molecular weight excluding hydrogens is 215 g/mol. The van der Waals surface area contributed by atoms with Gasteiger partial charge in [-0.1, -0.05) is 23.8 Å². The lowest BCUT2D eigenvalue weighted by molar-refractivity contribution is 0.104. The summed E-state index contributed by atoms with van der Waals surface area (Å²) < 4.78 is 13.2. The molecule has 2 aromatic carbocycles. The van der Waals surface area contributed by atoms with Crippen molar-refractivity contribution < 1.29 is 9.18 Å². The van der Waals surface area contributed by atoms with Gasteiger partial charge in [0.2, 0.25) is 0 Å². The minimum Gasteiger partial charge on any atom is -0.289 e. The number of hydrogen-bond donors (Lipinski definition) is 0. The summed E-state index contributed by atoms with van der Waals surface area (Å²) >= 11 is 0. The third-order valence-electron chi connectivity index (χ3n) is 3.22. The van der Waals surface area contributed by atoms with Crippen LogP contribution in [0, 0.1) is 19.7 Å². The summed E-state index contributed by atoms with van der Waals surface area (Å²) in [7, 11) is 0. The van der Waals surface area contributed by atoms with Crippen LogP contribution >= 0.6 is 0 Å². The van der Waals surface area contributed by atoms with Crippen molar-refractivity contribution in [3.63, 3.8) is 0 Å². The highest BCUT2D eigenvalue weighted by Crippen LogP contribution is 2.38. The van der Waals surface area contributed by atoms with Gasteiger partial charge in [-0.3, -0.25) is 4.79 Å². The first kappa shape index (κ1) is 10.2. The zero-order valence-electron chi connectivity index (χ0n) is 9.67. The lowest BCUT2D eigenvalue weighted by atomic mass is 9.99. The normalized spacial score (nSPS) is 12.5. The molecule has 0 saturated heterocycles. The Morgan fingerprint density at radius 3 is 2.47 bits per heavy atom. The molecule has 0 heterocycles. The Morgan fingerprint density at radius 2 is 1.71 bits per heavy atom. The number of carbonyl (C=O) groups excluding carboxylic acids is 1. The van der Waals surface area contributed by atoms with E-state index >= 15 is 0 Å². The van der Waals surface area contributed by atoms with Crippen LogP contribution in [-0.2, 0) is 0 Å². The lowest BCUT2D eigenvalue weighted by Gasteiger charge is -2.04. The molecule has 0 saturated carbocycles. The lowest BCUT2D eigenvalue weighted by Crippen LogP contribution is -1.98. The fourth-order valence-corrected chi connectivity index (χ4v) is 2.56. The van der Waals surface area contributed by atoms with Crippen LogP contribution in [0.3, 0.4) is 0 Å². The van der Waals surface area contributed by atoms with Crippen molar-refractivity contribution in [1.29, 1.82) is 0 Å². The molecular formula is C15H11FO. The van der Waals surface area contributed by atoms with Crippen LogP contribution in [0.15, 0.2) is 30.3 Å². The van der Waals surface area contributed by atoms with E-state index in [9.17, 15) is 9.18 Å². The average Bonchev–Trinajstić information content (AvgIpc) is 2.52. The molecule has 0 radical (unpaired) electrons. The number of rotatable bonds is 0. The van der Waals surface area contributed by atoms with Crippen LogP contribution in [0.4, 0.5) is 4.39 Å². The Kier molecular flexibility index (Phi) is 1.96. The molecule has 0 unspecified atom stereocenters. The first-order valence-corrected chi connectivity index (χ1v) is 5.54. The molecule has 0 aliphatic heterocycles. The monoisotopic (exact) mass is 226 g/mol. The molecule has 0 spiro atoms. The van der Waals surface area contributed by atoms with Gasteiger partial charge in [0, 0.05) is 11.1 Å². The second-order valence-corrected chi connectivity index (χ2v) is 4.52. The Labute approximate surface area is 98.9 Å². The van der Waals surface area contributed by atoms with E-state index in [0.29, 0.717) is 5.56 Å². The van der Waals surface area contributed by atoms with Crippen LogP contribution < -0.4 is 0 Å². The summed E-state index contributed by atoms with van der Waals surface area (Å²) in [5.74, 6) is -0.425. The van der Waals surface area contributed by atoms with Crippen molar-refractivity contribution >= 4 is 5.78 Å². The van der Waals surface area contributed by atoms with Crippen LogP contribution in [0.1, 0.15) is 27.0 Å². The number of fused-ring (bicyclic) bond motifs is 3. The van der Waals surface area contributed by atoms with Crippen molar-refractivity contribution in [3.8, 4) is 11.1 Å². The van der Waals surface area contributed by atoms with Gasteiger partial charge in [0.15, 0.2) is 5.78 Å². The van der Waals surface area contributed by atoms with E-state index in [1.165, 1.54) is 12.1 Å². The van der Waals surface area contributed by atoms with Gasteiger partial charge in [-0.2, -0.15) is 0 Å². The third kappa shape index (κ3) is 1.34. The van der Waals surface area contributed by atoms with Crippen molar-refractivity contribution in [2.45, 2.75) is 13.8 Å². The van der Waals surface area contributed by atoms with E-state index in [4.69, 9.17) is 0 Å². The van der Waals surface area contributed by atoms with E-state index in [1.807, 2.05) is 26.0 Å². The maximum Gasteiger partial charge on any atom is 0.194 e. The van der Waals surface area contributed by atoms with Gasteiger partial charge < -0.3 is 0 Å². The summed E-state index contributed by atoms with van der Waals surface area (Å²) in [5.41, 5.74) is 5.05. The summed E-state index contributed by atoms with van der Waals surface area (Å²) in [6.45, 7) is 3.92. The van der Waals surface area contributed by atoms with Crippen LogP contribution in [0.5, 0.6) is 0 Å². The third-order valence-corrected chi connectivity index (χ3v) is 3.22. The van der Waals surface area contributed by atoms with Crippen LogP contribution in [-0.4, -0.2) is 5.78 Å². The van der Waals surface area contributed by atoms with Crippen molar-refractivity contribution in [2.75, 3.05) is 0 Å². The Hall–Kier alpha value is -1.96. The minimum atomic E-state index is -0.362. The van der Waals surface area contributed by atoms with E-state index in [0.717, 1.165) is 27.8 Å². The highest BCUT2D eigenvalue weighted by Gasteiger charge is 2.28. The fourth-order valence-electron chi connectivity index (χ4n) is 2.56. The predicted molar refractivity (Wildman–Crippen MR) is 64.7 cm³/mol. The first-order chi connectivity index (χ1) is 8.08. The number of hydrogen-bond acceptors (Lipinski definition) is 1. The molecule has 2 aromatic rings. The topological polar surface area (TPSA) is 17.1 Å². The maximum atomic E-state index is 13.2. The van der Waals surface area contributed by atoms with Gasteiger partial charge in [0.1, 0.15) is 5.82 Å². The number of benzene rings is 2. The quantitative estimate of drug-likeness (QED) is 0.571. The molecule has 1 nitrogen and oxygen atoms in total. The molecule has 84 valence electrons. The Bertz CT molecular complexity index is 656. The van der Waals surface area contributed by atoms with E-state index in [-0.39, 0.29) is 11.6 Å². The number of carbonyl (C=O) groups is 1. The zero-order chi connectivity index (χ0) is 12.2. The Balaban J connectivity index is 2.39. The second kappa shape index (κ2) is 3.27. The maximum absolute atomic E-state index is 13.2. The van der Waals surface area contributed by atoms with E-state index in [2.05, 4.69) is 0 Å². The minimum absolute atomic E-state index is 0.0630. The number of halogens is 1. The summed E-state index contributed by atoms with van der Waals surface area (Å²) in [6, 6.07) is 8.39. The standard InChI is InChI=1S/C15H11FO/c1-8-5-9(2)14-12(6-8)11-4-3-10(16)7-13(11)15(14)17/h3-7H,1-2H3. The summed E-state index contributed by atoms with van der Waals surface area (Å²) in [5, 5.41) is 0. The molecule has 0 bridgehead atoms. The molecule has 0 aromatic heterocycles. The summed E-state index contributed by atoms with van der Waals surface area (Å²) in [4.78, 5) is 12.2. The largest absolute Gasteiger partial charge is 0.289 e. The molecule has 1 aliphatic carbocycles. The highest BCUT2D eigenvalue weighted by atomic mass is 19.1. The number of aryl methyl sites for hydroxylation is 2. The van der Waals surface area contributed by atoms with Gasteiger partial charge in [-0.05, 0) is 42.7 Å². The van der Waals surface area contributed by atoms with E-state index in [1.54, 1.807) is 6.07 Å². The van der Waals surface area contributed by atoms with Crippen LogP contribution in [0.2, 0.25) is 0 Å². The molecule has 0 atom stereocenters. The predicted octanol–water partition coefficient (Wildman–Crippen LogP) is 3.65. The average molecular weight is 226 g/mol. The summed E-state index contributed by atoms with van der Waals surface area (Å²) in [6.07, 6.45) is 0. The molecule has 0 N–H and O–H groups in total. The van der Waals surface area contributed by atoms with Crippen molar-refractivity contribution in [2.24, 2.45) is 0 Å². The van der Waals surface area contributed by atoms with Gasteiger partial charge in [0.25, 0.3) is 0 Å². The van der Waals surface area contributed by atoms with Crippen molar-refractivity contribution in [1.82, 2.24) is 0 Å². The second-order valence-electron chi connectivity index (χ2n) is 4.52. The SMILES string of the molecule is Cc1cc(C)c2c(c1)-c1ccc(F)cc1C2=O. The molecule has 2 heteroatoms. The highest BCUT2D eigenvalue weighted by molar-refractivity contribution is 6.22. The Morgan fingerprint density at radius 1 is 0.941 bits per heavy atom. The van der Waals surface area contributed by atoms with E-state index < -0.39 is 0 Å². The van der Waals surface area contributed by atoms with Gasteiger partial charge in [-0.15, -0.1) is 0 Å². The smallest absolute Gasteiger partial charge is 0.194 e. The van der Waals surface area contributed by atoms with Gasteiger partial charge >= 0.3 is 0 Å². The molecule has 0 amide bonds. The first-order valence-electron chi connectivity index (χ1n) is 5.54. The van der Waals surface area contributed by atoms with Gasteiger partial charge in [0.05, 0.1) is 0 Å². The van der Waals surface area contributed by atoms with Crippen LogP contribution in [0.25, 0.3) is 11.1 Å².